The number of nitrogen functional groups attached to an aromatic ring is 1. The van der Waals surface area contributed by atoms with E-state index in [9.17, 15) is 9.90 Å². The summed E-state index contributed by atoms with van der Waals surface area (Å²) in [4.78, 5) is 14.1. The number of aryl methyl sites for hydroxylation is 1. The average molecular weight is 259 g/mol. The van der Waals surface area contributed by atoms with Gasteiger partial charge in [-0.3, -0.25) is 4.79 Å². The molecular formula is C14H13NO2S. The van der Waals surface area contributed by atoms with Crippen molar-refractivity contribution in [1.29, 1.82) is 0 Å². The Morgan fingerprint density at radius 1 is 1.33 bits per heavy atom. The fourth-order valence-corrected chi connectivity index (χ4v) is 2.33. The zero-order valence-electron chi connectivity index (χ0n) is 9.88. The van der Waals surface area contributed by atoms with Crippen LogP contribution in [0.4, 0.5) is 5.69 Å². The van der Waals surface area contributed by atoms with E-state index in [1.54, 1.807) is 23.5 Å². The number of hydrogen-bond donors (Lipinski definition) is 2. The number of anilines is 1. The van der Waals surface area contributed by atoms with Gasteiger partial charge >= 0.3 is 0 Å². The Balaban J connectivity index is 2.19. The van der Waals surface area contributed by atoms with Crippen LogP contribution in [0.1, 0.15) is 20.1 Å². The van der Waals surface area contributed by atoms with E-state index in [1.807, 2.05) is 19.1 Å². The van der Waals surface area contributed by atoms with Crippen molar-refractivity contribution < 1.29 is 9.90 Å². The van der Waals surface area contributed by atoms with E-state index in [0.717, 1.165) is 4.88 Å². The molecule has 1 aromatic carbocycles. The van der Waals surface area contributed by atoms with Crippen molar-refractivity contribution in [2.45, 2.75) is 6.92 Å². The molecule has 1 aromatic heterocycles. The zero-order chi connectivity index (χ0) is 13.1. The highest BCUT2D eigenvalue weighted by molar-refractivity contribution is 7.12. The highest BCUT2D eigenvalue weighted by atomic mass is 32.1. The molecule has 0 radical (unpaired) electrons. The van der Waals surface area contributed by atoms with E-state index in [-0.39, 0.29) is 17.1 Å². The molecule has 4 heteroatoms. The van der Waals surface area contributed by atoms with Crippen LogP contribution in [0, 0.1) is 6.92 Å². The monoisotopic (exact) mass is 259 g/mol. The number of phenolic OH excluding ortho intramolecular Hbond substituents is 1. The topological polar surface area (TPSA) is 63.3 Å². The first-order valence-corrected chi connectivity index (χ1v) is 6.25. The Hall–Kier alpha value is -2.07. The molecule has 0 saturated carbocycles. The number of nitrogens with two attached hydrogens (primary N) is 1. The predicted octanol–water partition coefficient (Wildman–Crippen LogP) is 3.24. The van der Waals surface area contributed by atoms with Crippen LogP contribution < -0.4 is 5.73 Å². The van der Waals surface area contributed by atoms with Gasteiger partial charge < -0.3 is 10.8 Å². The summed E-state index contributed by atoms with van der Waals surface area (Å²) in [6.45, 7) is 2.01. The van der Waals surface area contributed by atoms with Crippen molar-refractivity contribution >= 4 is 28.9 Å². The molecule has 0 aliphatic carbocycles. The second-order valence-corrected chi connectivity index (χ2v) is 5.24. The summed E-state index contributed by atoms with van der Waals surface area (Å²) < 4.78 is 0. The minimum atomic E-state index is -0.237. The lowest BCUT2D eigenvalue weighted by Crippen LogP contribution is -1.95. The number of aromatic hydroxyl groups is 1. The highest BCUT2D eigenvalue weighted by Crippen LogP contribution is 2.22. The Kier molecular flexibility index (Phi) is 3.48. The summed E-state index contributed by atoms with van der Waals surface area (Å²) in [6, 6.07) is 8.44. The van der Waals surface area contributed by atoms with E-state index in [4.69, 9.17) is 5.73 Å². The molecule has 1 heterocycles. The van der Waals surface area contributed by atoms with E-state index >= 15 is 0 Å². The fourth-order valence-electron chi connectivity index (χ4n) is 1.55. The highest BCUT2D eigenvalue weighted by Gasteiger charge is 2.08. The van der Waals surface area contributed by atoms with E-state index < -0.39 is 0 Å². The summed E-state index contributed by atoms with van der Waals surface area (Å²) in [5.41, 5.74) is 6.20. The molecule has 0 saturated heterocycles. The number of carbonyl (C=O) groups is 1. The van der Waals surface area contributed by atoms with Crippen molar-refractivity contribution in [2.75, 3.05) is 5.73 Å². The van der Waals surface area contributed by atoms with Gasteiger partial charge in [-0.2, -0.15) is 0 Å². The minimum Gasteiger partial charge on any atom is -0.507 e. The standard InChI is InChI=1S/C14H13NO2S/c1-9-2-4-11(18-9)5-7-13(16)12-6-3-10(15)8-14(12)17/h2-8,17H,15H2,1H3/b7-5+. The van der Waals surface area contributed by atoms with Gasteiger partial charge in [0, 0.05) is 21.5 Å². The van der Waals surface area contributed by atoms with Gasteiger partial charge in [-0.05, 0) is 43.3 Å². The zero-order valence-corrected chi connectivity index (χ0v) is 10.7. The van der Waals surface area contributed by atoms with Crippen molar-refractivity contribution in [3.8, 4) is 5.75 Å². The lowest BCUT2D eigenvalue weighted by atomic mass is 10.1. The molecule has 0 spiro atoms. The smallest absolute Gasteiger partial charge is 0.189 e. The van der Waals surface area contributed by atoms with Gasteiger partial charge in [-0.1, -0.05) is 0 Å². The summed E-state index contributed by atoms with van der Waals surface area (Å²) in [5.74, 6) is -0.328. The maximum atomic E-state index is 11.9. The molecular weight excluding hydrogens is 246 g/mol. The maximum absolute atomic E-state index is 11.9. The molecule has 0 fully saturated rings. The van der Waals surface area contributed by atoms with Crippen molar-refractivity contribution in [3.63, 3.8) is 0 Å². The molecule has 0 aliphatic rings. The van der Waals surface area contributed by atoms with Crippen LogP contribution in [0.2, 0.25) is 0 Å². The lowest BCUT2D eigenvalue weighted by Gasteiger charge is -2.01. The van der Waals surface area contributed by atoms with Crippen LogP contribution in [0.5, 0.6) is 5.75 Å². The van der Waals surface area contributed by atoms with E-state index in [2.05, 4.69) is 0 Å². The van der Waals surface area contributed by atoms with Crippen LogP contribution in [0.15, 0.2) is 36.4 Å². The van der Waals surface area contributed by atoms with Crippen molar-refractivity contribution in [3.05, 3.63) is 51.7 Å². The summed E-state index contributed by atoms with van der Waals surface area (Å²) >= 11 is 1.61. The van der Waals surface area contributed by atoms with Gasteiger partial charge in [0.25, 0.3) is 0 Å². The Bertz CT molecular complexity index is 614. The summed E-state index contributed by atoms with van der Waals surface area (Å²) in [5, 5.41) is 9.63. The number of hydrogen-bond acceptors (Lipinski definition) is 4. The van der Waals surface area contributed by atoms with Crippen LogP contribution in [0.3, 0.4) is 0 Å². The quantitative estimate of drug-likeness (QED) is 0.505. The number of phenols is 1. The maximum Gasteiger partial charge on any atom is 0.189 e. The van der Waals surface area contributed by atoms with Gasteiger partial charge in [0.1, 0.15) is 5.75 Å². The third kappa shape index (κ3) is 2.78. The number of thiophene rings is 1. The van der Waals surface area contributed by atoms with Crippen LogP contribution >= 0.6 is 11.3 Å². The van der Waals surface area contributed by atoms with Gasteiger partial charge in [0.05, 0.1) is 5.56 Å². The molecule has 92 valence electrons. The number of allylic oxidation sites excluding steroid dienone is 1. The van der Waals surface area contributed by atoms with E-state index in [0.29, 0.717) is 5.69 Å². The summed E-state index contributed by atoms with van der Waals surface area (Å²) in [6.07, 6.45) is 3.20. The van der Waals surface area contributed by atoms with E-state index in [1.165, 1.54) is 23.1 Å². The van der Waals surface area contributed by atoms with Crippen LogP contribution in [-0.4, -0.2) is 10.9 Å². The number of benzene rings is 1. The SMILES string of the molecule is Cc1ccc(/C=C/C(=O)c2ccc(N)cc2O)s1. The summed E-state index contributed by atoms with van der Waals surface area (Å²) in [7, 11) is 0. The number of carbonyl (C=O) groups excluding carboxylic acids is 1. The third-order valence-corrected chi connectivity index (χ3v) is 3.41. The van der Waals surface area contributed by atoms with Crippen LogP contribution in [0.25, 0.3) is 6.08 Å². The van der Waals surface area contributed by atoms with Crippen molar-refractivity contribution in [1.82, 2.24) is 0 Å². The molecule has 3 N–H and O–H groups in total. The van der Waals surface area contributed by atoms with Crippen molar-refractivity contribution in [2.24, 2.45) is 0 Å². The van der Waals surface area contributed by atoms with Gasteiger partial charge in [-0.15, -0.1) is 11.3 Å². The molecule has 0 amide bonds. The largest absolute Gasteiger partial charge is 0.507 e. The fraction of sp³-hybridized carbons (Fsp3) is 0.0714. The molecule has 0 bridgehead atoms. The Morgan fingerprint density at radius 3 is 2.72 bits per heavy atom. The molecule has 3 nitrogen and oxygen atoms in total. The molecule has 0 aliphatic heterocycles. The average Bonchev–Trinajstić information content (AvgIpc) is 2.72. The molecule has 2 rings (SSSR count). The first-order valence-electron chi connectivity index (χ1n) is 5.43. The normalized spacial score (nSPS) is 10.9. The third-order valence-electron chi connectivity index (χ3n) is 2.45. The first-order chi connectivity index (χ1) is 8.56. The second kappa shape index (κ2) is 5.06. The second-order valence-electron chi connectivity index (χ2n) is 3.92. The molecule has 0 unspecified atom stereocenters. The van der Waals surface area contributed by atoms with Crippen LogP contribution in [-0.2, 0) is 0 Å². The number of rotatable bonds is 3. The molecule has 0 atom stereocenters. The Morgan fingerprint density at radius 2 is 2.11 bits per heavy atom. The lowest BCUT2D eigenvalue weighted by molar-refractivity contribution is 0.104. The minimum absolute atomic E-state index is 0.0907. The molecule has 2 aromatic rings. The molecule has 18 heavy (non-hydrogen) atoms. The predicted molar refractivity (Wildman–Crippen MR) is 74.9 cm³/mol. The Labute approximate surface area is 109 Å². The van der Waals surface area contributed by atoms with Gasteiger partial charge in [0.15, 0.2) is 5.78 Å². The van der Waals surface area contributed by atoms with Gasteiger partial charge in [0.2, 0.25) is 0 Å². The van der Waals surface area contributed by atoms with Gasteiger partial charge in [-0.25, -0.2) is 0 Å². The first kappa shape index (κ1) is 12.4. The number of ketones is 1.